The standard InChI is InChI=1S/C29H30BrN3O4S/c1-17(2)25(33-14-20-5-3-4-6-22(20)28(33)36)29(37)32-15-21(34)13-23(32)24(35)12-9-18-7-10-19(11-8-18)26-27(30)31-16-38-26/h3-8,10-11,16-17,21,23,25,34H,9,12-15H2,1-2H3/t21-,23+,25+/m1/s1. The molecule has 0 spiro atoms. The Kier molecular flexibility index (Phi) is 7.79. The highest BCUT2D eigenvalue weighted by atomic mass is 79.9. The van der Waals surface area contributed by atoms with Gasteiger partial charge >= 0.3 is 0 Å². The summed E-state index contributed by atoms with van der Waals surface area (Å²) in [6.45, 7) is 4.30. The molecule has 1 fully saturated rings. The van der Waals surface area contributed by atoms with Crippen LogP contribution in [0.3, 0.4) is 0 Å². The van der Waals surface area contributed by atoms with Gasteiger partial charge < -0.3 is 14.9 Å². The van der Waals surface area contributed by atoms with Crippen LogP contribution in [0.5, 0.6) is 0 Å². The van der Waals surface area contributed by atoms with Crippen LogP contribution in [-0.4, -0.2) is 62.2 Å². The fourth-order valence-electron chi connectivity index (χ4n) is 5.49. The molecule has 1 aromatic heterocycles. The molecule has 2 amide bonds. The first-order chi connectivity index (χ1) is 18.2. The predicted molar refractivity (Wildman–Crippen MR) is 150 cm³/mol. The van der Waals surface area contributed by atoms with Gasteiger partial charge in [0.05, 0.1) is 22.5 Å². The zero-order valence-corrected chi connectivity index (χ0v) is 23.7. The number of nitrogens with zero attached hydrogens (tertiary/aromatic N) is 3. The maximum Gasteiger partial charge on any atom is 0.255 e. The SMILES string of the molecule is CC(C)[C@@H](C(=O)N1C[C@H](O)C[C@H]1C(=O)CCc1ccc(-c2scnc2Br)cc1)N1Cc2ccccc2C1=O. The molecule has 0 unspecified atom stereocenters. The summed E-state index contributed by atoms with van der Waals surface area (Å²) in [6.07, 6.45) is 0.280. The summed E-state index contributed by atoms with van der Waals surface area (Å²) in [5, 5.41) is 10.4. The number of amides is 2. The number of aromatic nitrogens is 1. The highest BCUT2D eigenvalue weighted by molar-refractivity contribution is 9.10. The van der Waals surface area contributed by atoms with Crippen LogP contribution in [0.2, 0.25) is 0 Å². The molecule has 198 valence electrons. The third kappa shape index (κ3) is 5.19. The Labute approximate surface area is 234 Å². The largest absolute Gasteiger partial charge is 0.391 e. The molecule has 5 rings (SSSR count). The van der Waals surface area contributed by atoms with Gasteiger partial charge in [-0.15, -0.1) is 11.3 Å². The molecule has 7 nitrogen and oxygen atoms in total. The number of hydrogen-bond acceptors (Lipinski definition) is 6. The number of thiazole rings is 1. The number of carbonyl (C=O) groups is 3. The zero-order chi connectivity index (χ0) is 27.0. The van der Waals surface area contributed by atoms with E-state index in [1.807, 2.05) is 56.3 Å². The molecule has 2 aromatic carbocycles. The minimum Gasteiger partial charge on any atom is -0.391 e. The monoisotopic (exact) mass is 595 g/mol. The van der Waals surface area contributed by atoms with E-state index in [0.717, 1.165) is 26.2 Å². The van der Waals surface area contributed by atoms with Crippen LogP contribution in [0.15, 0.2) is 58.6 Å². The number of hydrogen-bond donors (Lipinski definition) is 1. The summed E-state index contributed by atoms with van der Waals surface area (Å²) in [7, 11) is 0. The van der Waals surface area contributed by atoms with E-state index in [1.54, 1.807) is 27.8 Å². The second-order valence-corrected chi connectivity index (χ2v) is 11.9. The third-order valence-electron chi connectivity index (χ3n) is 7.40. The topological polar surface area (TPSA) is 90.8 Å². The van der Waals surface area contributed by atoms with Crippen molar-refractivity contribution in [1.82, 2.24) is 14.8 Å². The van der Waals surface area contributed by atoms with Gasteiger partial charge in [0.1, 0.15) is 10.6 Å². The molecule has 0 aliphatic carbocycles. The maximum absolute atomic E-state index is 13.8. The molecule has 2 aliphatic rings. The zero-order valence-electron chi connectivity index (χ0n) is 21.3. The van der Waals surface area contributed by atoms with Crippen LogP contribution in [0.4, 0.5) is 0 Å². The van der Waals surface area contributed by atoms with E-state index in [9.17, 15) is 19.5 Å². The lowest BCUT2D eigenvalue weighted by Crippen LogP contribution is -2.54. The van der Waals surface area contributed by atoms with E-state index < -0.39 is 18.2 Å². The van der Waals surface area contributed by atoms with Crippen molar-refractivity contribution in [2.24, 2.45) is 5.92 Å². The average Bonchev–Trinajstić information content (AvgIpc) is 3.60. The molecule has 0 bridgehead atoms. The van der Waals surface area contributed by atoms with Gasteiger partial charge in [-0.2, -0.15) is 0 Å². The number of aliphatic hydroxyl groups is 1. The van der Waals surface area contributed by atoms with Gasteiger partial charge in [-0.1, -0.05) is 56.3 Å². The summed E-state index contributed by atoms with van der Waals surface area (Å²) in [4.78, 5) is 48.7. The van der Waals surface area contributed by atoms with Gasteiger partial charge in [0.2, 0.25) is 5.91 Å². The number of aliphatic hydroxyl groups excluding tert-OH is 1. The van der Waals surface area contributed by atoms with Crippen molar-refractivity contribution in [2.75, 3.05) is 6.54 Å². The van der Waals surface area contributed by atoms with Crippen LogP contribution >= 0.6 is 27.3 Å². The fraction of sp³-hybridized carbons (Fsp3) is 0.379. The first kappa shape index (κ1) is 26.7. The molecular weight excluding hydrogens is 566 g/mol. The minimum absolute atomic E-state index is 0.0669. The van der Waals surface area contributed by atoms with Crippen molar-refractivity contribution in [3.63, 3.8) is 0 Å². The first-order valence-electron chi connectivity index (χ1n) is 12.8. The van der Waals surface area contributed by atoms with Crippen molar-refractivity contribution >= 4 is 44.9 Å². The first-order valence-corrected chi connectivity index (χ1v) is 14.5. The number of carbonyl (C=O) groups excluding carboxylic acids is 3. The summed E-state index contributed by atoms with van der Waals surface area (Å²) >= 11 is 5.02. The average molecular weight is 597 g/mol. The van der Waals surface area contributed by atoms with Crippen molar-refractivity contribution in [3.8, 4) is 10.4 Å². The summed E-state index contributed by atoms with van der Waals surface area (Å²) in [6, 6.07) is 14.1. The Morgan fingerprint density at radius 2 is 1.89 bits per heavy atom. The second kappa shape index (κ2) is 11.1. The van der Waals surface area contributed by atoms with E-state index in [1.165, 1.54) is 4.90 Å². The number of ketones is 1. The number of likely N-dealkylation sites (tertiary alicyclic amines) is 1. The number of Topliss-reactive ketones (excluding diaryl/α,β-unsaturated/α-hetero) is 1. The summed E-state index contributed by atoms with van der Waals surface area (Å²) in [5.74, 6) is -0.645. The van der Waals surface area contributed by atoms with Crippen LogP contribution in [0.25, 0.3) is 10.4 Å². The van der Waals surface area contributed by atoms with Gasteiger partial charge in [-0.3, -0.25) is 14.4 Å². The Morgan fingerprint density at radius 3 is 2.55 bits per heavy atom. The lowest BCUT2D eigenvalue weighted by atomic mass is 9.98. The molecule has 1 N–H and O–H groups in total. The third-order valence-corrected chi connectivity index (χ3v) is 9.14. The Bertz CT molecular complexity index is 1360. The molecule has 1 saturated heterocycles. The fourth-order valence-corrected chi connectivity index (χ4v) is 6.92. The molecule has 3 aromatic rings. The minimum atomic E-state index is -0.760. The van der Waals surface area contributed by atoms with Crippen LogP contribution in [-0.2, 0) is 22.6 Å². The second-order valence-electron chi connectivity index (χ2n) is 10.3. The van der Waals surface area contributed by atoms with Gasteiger partial charge in [0.25, 0.3) is 5.91 Å². The van der Waals surface area contributed by atoms with Gasteiger partial charge in [0.15, 0.2) is 5.78 Å². The van der Waals surface area contributed by atoms with Crippen molar-refractivity contribution < 1.29 is 19.5 Å². The molecule has 38 heavy (non-hydrogen) atoms. The molecule has 0 radical (unpaired) electrons. The van der Waals surface area contributed by atoms with Crippen molar-refractivity contribution in [2.45, 2.75) is 57.8 Å². The number of benzene rings is 2. The smallest absolute Gasteiger partial charge is 0.255 e. The van der Waals surface area contributed by atoms with E-state index in [2.05, 4.69) is 20.9 Å². The van der Waals surface area contributed by atoms with Crippen LogP contribution in [0, 0.1) is 5.92 Å². The Hall–Kier alpha value is -2.88. The van der Waals surface area contributed by atoms with Gasteiger partial charge in [-0.25, -0.2) is 4.98 Å². The summed E-state index contributed by atoms with van der Waals surface area (Å²) in [5.41, 5.74) is 5.40. The van der Waals surface area contributed by atoms with Crippen LogP contribution < -0.4 is 0 Å². The molecule has 0 saturated carbocycles. The predicted octanol–water partition coefficient (Wildman–Crippen LogP) is 4.72. The number of fused-ring (bicyclic) bond motifs is 1. The van der Waals surface area contributed by atoms with E-state index in [0.29, 0.717) is 18.5 Å². The van der Waals surface area contributed by atoms with Crippen LogP contribution in [0.1, 0.15) is 48.2 Å². The highest BCUT2D eigenvalue weighted by Crippen LogP contribution is 2.32. The molecule has 3 atom stereocenters. The molecule has 9 heteroatoms. The van der Waals surface area contributed by atoms with Gasteiger partial charge in [0, 0.05) is 31.5 Å². The number of aryl methyl sites for hydroxylation is 1. The van der Waals surface area contributed by atoms with E-state index >= 15 is 0 Å². The molecule has 2 aliphatic heterocycles. The maximum atomic E-state index is 13.8. The Balaban J connectivity index is 1.27. The number of halogens is 1. The quantitative estimate of drug-likeness (QED) is 0.407. The van der Waals surface area contributed by atoms with E-state index in [-0.39, 0.29) is 42.9 Å². The number of β-amino-alcohol motifs (C(OH)–C–C–N with tert-alkyl or cyclic N) is 1. The van der Waals surface area contributed by atoms with Crippen molar-refractivity contribution in [1.29, 1.82) is 0 Å². The lowest BCUT2D eigenvalue weighted by Gasteiger charge is -2.35. The molecular formula is C29H30BrN3O4S. The summed E-state index contributed by atoms with van der Waals surface area (Å²) < 4.78 is 0.814. The normalized spacial score (nSPS) is 19.8. The number of rotatable bonds is 8. The lowest BCUT2D eigenvalue weighted by molar-refractivity contribution is -0.142. The van der Waals surface area contributed by atoms with E-state index in [4.69, 9.17) is 0 Å². The Morgan fingerprint density at radius 1 is 1.16 bits per heavy atom. The van der Waals surface area contributed by atoms with Crippen molar-refractivity contribution in [3.05, 3.63) is 75.3 Å². The van der Waals surface area contributed by atoms with Gasteiger partial charge in [-0.05, 0) is 51.0 Å². The molecule has 3 heterocycles. The highest BCUT2D eigenvalue weighted by Gasteiger charge is 2.45.